The zero-order valence-electron chi connectivity index (χ0n) is 17.5. The molecule has 0 saturated carbocycles. The van der Waals surface area contributed by atoms with Gasteiger partial charge in [-0.05, 0) is 51.3 Å². The topological polar surface area (TPSA) is 73.8 Å². The molecule has 8 heteroatoms. The number of nitrogens with zero attached hydrogens (tertiary/aromatic N) is 5. The fraction of sp³-hybridized carbons (Fsp3) is 0.476. The standard InChI is InChI=1S/C21H30N6O2/c1-25(2)10-4-9-22-21(28)19-15-20(24-16-23-19)27-13-11-26(12-14-27)17-5-7-18(29-3)8-6-17/h5-8,15-16H,4,9-14H2,1-3H3,(H,22,28). The van der Waals surface area contributed by atoms with Crippen LogP contribution < -0.4 is 19.9 Å². The second-order valence-electron chi connectivity index (χ2n) is 7.35. The van der Waals surface area contributed by atoms with Gasteiger partial charge in [-0.2, -0.15) is 0 Å². The van der Waals surface area contributed by atoms with Crippen molar-refractivity contribution in [3.8, 4) is 5.75 Å². The van der Waals surface area contributed by atoms with Crippen molar-refractivity contribution >= 4 is 17.4 Å². The summed E-state index contributed by atoms with van der Waals surface area (Å²) in [4.78, 5) is 27.5. The van der Waals surface area contributed by atoms with Crippen LogP contribution in [0, 0.1) is 0 Å². The number of carbonyl (C=O) groups is 1. The maximum atomic E-state index is 12.4. The van der Waals surface area contributed by atoms with E-state index in [1.807, 2.05) is 26.2 Å². The number of hydrogen-bond acceptors (Lipinski definition) is 7. The summed E-state index contributed by atoms with van der Waals surface area (Å²) in [6, 6.07) is 9.91. The fourth-order valence-corrected chi connectivity index (χ4v) is 3.32. The normalized spacial score (nSPS) is 14.2. The van der Waals surface area contributed by atoms with Gasteiger partial charge in [-0.25, -0.2) is 9.97 Å². The Labute approximate surface area is 172 Å². The third kappa shape index (κ3) is 5.80. The number of carbonyl (C=O) groups excluding carboxylic acids is 1. The molecule has 8 nitrogen and oxygen atoms in total. The van der Waals surface area contributed by atoms with Crippen molar-refractivity contribution in [3.63, 3.8) is 0 Å². The van der Waals surface area contributed by atoms with Gasteiger partial charge in [0.2, 0.25) is 0 Å². The van der Waals surface area contributed by atoms with Gasteiger partial charge < -0.3 is 24.8 Å². The Morgan fingerprint density at radius 2 is 1.79 bits per heavy atom. The number of methoxy groups -OCH3 is 1. The summed E-state index contributed by atoms with van der Waals surface area (Å²) in [5.41, 5.74) is 1.60. The van der Waals surface area contributed by atoms with Crippen LogP contribution in [0.2, 0.25) is 0 Å². The van der Waals surface area contributed by atoms with Gasteiger partial charge in [-0.15, -0.1) is 0 Å². The highest BCUT2D eigenvalue weighted by atomic mass is 16.5. The van der Waals surface area contributed by atoms with Crippen molar-refractivity contribution in [2.45, 2.75) is 6.42 Å². The molecule has 1 aromatic heterocycles. The van der Waals surface area contributed by atoms with Crippen LogP contribution in [0.25, 0.3) is 0 Å². The summed E-state index contributed by atoms with van der Waals surface area (Å²) in [5.74, 6) is 1.51. The predicted octanol–water partition coefficient (Wildman–Crippen LogP) is 1.49. The molecule has 1 amide bonds. The number of anilines is 2. The van der Waals surface area contributed by atoms with Crippen LogP contribution in [-0.4, -0.2) is 81.2 Å². The first-order chi connectivity index (χ1) is 14.1. The van der Waals surface area contributed by atoms with E-state index < -0.39 is 0 Å². The highest BCUT2D eigenvalue weighted by Gasteiger charge is 2.19. The van der Waals surface area contributed by atoms with Gasteiger partial charge >= 0.3 is 0 Å². The summed E-state index contributed by atoms with van der Waals surface area (Å²) in [6.07, 6.45) is 2.38. The van der Waals surface area contributed by atoms with E-state index in [0.717, 1.165) is 50.7 Å². The molecule has 1 N–H and O–H groups in total. The second-order valence-corrected chi connectivity index (χ2v) is 7.35. The van der Waals surface area contributed by atoms with Crippen molar-refractivity contribution in [2.24, 2.45) is 0 Å². The summed E-state index contributed by atoms with van der Waals surface area (Å²) >= 11 is 0. The average Bonchev–Trinajstić information content (AvgIpc) is 2.77. The quantitative estimate of drug-likeness (QED) is 0.676. The molecule has 0 atom stereocenters. The number of rotatable bonds is 8. The molecule has 0 radical (unpaired) electrons. The third-order valence-electron chi connectivity index (χ3n) is 4.99. The van der Waals surface area contributed by atoms with Crippen molar-refractivity contribution in [3.05, 3.63) is 42.4 Å². The van der Waals surface area contributed by atoms with Crippen molar-refractivity contribution in [1.82, 2.24) is 20.2 Å². The average molecular weight is 399 g/mol. The van der Waals surface area contributed by atoms with Gasteiger partial charge in [0.25, 0.3) is 5.91 Å². The van der Waals surface area contributed by atoms with Crippen LogP contribution in [0.1, 0.15) is 16.9 Å². The van der Waals surface area contributed by atoms with E-state index in [0.29, 0.717) is 12.2 Å². The predicted molar refractivity (Wildman–Crippen MR) is 115 cm³/mol. The summed E-state index contributed by atoms with van der Waals surface area (Å²) < 4.78 is 5.23. The largest absolute Gasteiger partial charge is 0.497 e. The zero-order valence-corrected chi connectivity index (χ0v) is 17.5. The van der Waals surface area contributed by atoms with Gasteiger partial charge in [0.1, 0.15) is 23.6 Å². The smallest absolute Gasteiger partial charge is 0.270 e. The molecule has 1 aliphatic rings. The molecule has 0 unspecified atom stereocenters. The lowest BCUT2D eigenvalue weighted by molar-refractivity contribution is 0.0947. The van der Waals surface area contributed by atoms with Crippen LogP contribution in [0.4, 0.5) is 11.5 Å². The molecule has 1 aromatic carbocycles. The fourth-order valence-electron chi connectivity index (χ4n) is 3.32. The van der Waals surface area contributed by atoms with Crippen molar-refractivity contribution < 1.29 is 9.53 Å². The Morgan fingerprint density at radius 1 is 1.10 bits per heavy atom. The minimum Gasteiger partial charge on any atom is -0.497 e. The van der Waals surface area contributed by atoms with Gasteiger partial charge in [0.05, 0.1) is 7.11 Å². The zero-order chi connectivity index (χ0) is 20.6. The minimum absolute atomic E-state index is 0.149. The third-order valence-corrected chi connectivity index (χ3v) is 4.99. The SMILES string of the molecule is COc1ccc(N2CCN(c3cc(C(=O)NCCCN(C)C)ncn3)CC2)cc1. The molecule has 0 bridgehead atoms. The molecular formula is C21H30N6O2. The van der Waals surface area contributed by atoms with E-state index in [2.05, 4.69) is 42.1 Å². The van der Waals surface area contributed by atoms with Crippen LogP contribution in [0.5, 0.6) is 5.75 Å². The first-order valence-corrected chi connectivity index (χ1v) is 9.96. The number of piperazine rings is 1. The van der Waals surface area contributed by atoms with Gasteiger partial charge in [-0.3, -0.25) is 4.79 Å². The lowest BCUT2D eigenvalue weighted by Gasteiger charge is -2.36. The van der Waals surface area contributed by atoms with E-state index >= 15 is 0 Å². The number of amides is 1. The Hall–Kier alpha value is -2.87. The number of aromatic nitrogens is 2. The van der Waals surface area contributed by atoms with E-state index in [9.17, 15) is 4.79 Å². The monoisotopic (exact) mass is 398 g/mol. The van der Waals surface area contributed by atoms with Crippen LogP contribution >= 0.6 is 0 Å². The first-order valence-electron chi connectivity index (χ1n) is 9.96. The van der Waals surface area contributed by atoms with E-state index in [1.54, 1.807) is 13.2 Å². The number of benzene rings is 1. The second kappa shape index (κ2) is 10.1. The van der Waals surface area contributed by atoms with E-state index in [1.165, 1.54) is 12.0 Å². The Kier molecular flexibility index (Phi) is 7.24. The lowest BCUT2D eigenvalue weighted by Crippen LogP contribution is -2.47. The Balaban J connectivity index is 1.54. The summed E-state index contributed by atoms with van der Waals surface area (Å²) in [5, 5.41) is 2.93. The van der Waals surface area contributed by atoms with E-state index in [-0.39, 0.29) is 5.91 Å². The van der Waals surface area contributed by atoms with E-state index in [4.69, 9.17) is 4.74 Å². The molecular weight excluding hydrogens is 368 g/mol. The lowest BCUT2D eigenvalue weighted by atomic mass is 10.2. The molecule has 0 spiro atoms. The maximum absolute atomic E-state index is 12.4. The van der Waals surface area contributed by atoms with Gasteiger partial charge in [0, 0.05) is 44.5 Å². The highest BCUT2D eigenvalue weighted by molar-refractivity contribution is 5.92. The molecule has 0 aliphatic carbocycles. The maximum Gasteiger partial charge on any atom is 0.270 e. The molecule has 156 valence electrons. The summed E-state index contributed by atoms with van der Waals surface area (Å²) in [7, 11) is 5.72. The van der Waals surface area contributed by atoms with Crippen LogP contribution in [-0.2, 0) is 0 Å². The number of hydrogen-bond donors (Lipinski definition) is 1. The number of nitrogens with one attached hydrogen (secondary N) is 1. The van der Waals surface area contributed by atoms with Crippen LogP contribution in [0.3, 0.4) is 0 Å². The molecule has 3 rings (SSSR count). The number of ether oxygens (including phenoxy) is 1. The Bertz CT molecular complexity index is 788. The van der Waals surface area contributed by atoms with Crippen molar-refractivity contribution in [1.29, 1.82) is 0 Å². The molecule has 1 aliphatic heterocycles. The Morgan fingerprint density at radius 3 is 2.45 bits per heavy atom. The molecule has 2 heterocycles. The first kappa shape index (κ1) is 20.9. The van der Waals surface area contributed by atoms with Gasteiger partial charge in [0.15, 0.2) is 0 Å². The highest BCUT2D eigenvalue weighted by Crippen LogP contribution is 2.22. The molecule has 1 fully saturated rings. The van der Waals surface area contributed by atoms with Crippen LogP contribution in [0.15, 0.2) is 36.7 Å². The summed E-state index contributed by atoms with van der Waals surface area (Å²) in [6.45, 7) is 5.04. The molecule has 2 aromatic rings. The minimum atomic E-state index is -0.149. The molecule has 1 saturated heterocycles. The molecule has 29 heavy (non-hydrogen) atoms. The van der Waals surface area contributed by atoms with Crippen molar-refractivity contribution in [2.75, 3.05) is 70.3 Å². The van der Waals surface area contributed by atoms with Gasteiger partial charge in [-0.1, -0.05) is 0 Å².